The van der Waals surface area contributed by atoms with E-state index in [1.54, 1.807) is 0 Å². The molecule has 96 valence electrons. The summed E-state index contributed by atoms with van der Waals surface area (Å²) >= 11 is 0. The molecule has 0 radical (unpaired) electrons. The lowest BCUT2D eigenvalue weighted by molar-refractivity contribution is -0.0170. The molecule has 0 bridgehead atoms. The molecule has 1 saturated heterocycles. The predicted octanol–water partition coefficient (Wildman–Crippen LogP) is 1.80. The Balaban J connectivity index is 2.38. The summed E-state index contributed by atoms with van der Waals surface area (Å²) in [5, 5.41) is 13.1. The van der Waals surface area contributed by atoms with E-state index in [1.807, 2.05) is 0 Å². The number of hydrogen-bond donors (Lipinski definition) is 2. The molecule has 0 amide bonds. The lowest BCUT2D eigenvalue weighted by Gasteiger charge is -2.37. The Morgan fingerprint density at radius 1 is 1.31 bits per heavy atom. The maximum Gasteiger partial charge on any atom is 0.0501 e. The van der Waals surface area contributed by atoms with Gasteiger partial charge in [0.2, 0.25) is 0 Å². The van der Waals surface area contributed by atoms with E-state index in [0.29, 0.717) is 12.0 Å². The fraction of sp³-hybridized carbons (Fsp3) is 1.00. The van der Waals surface area contributed by atoms with E-state index in [1.165, 1.54) is 6.42 Å². The van der Waals surface area contributed by atoms with Crippen LogP contribution in [0.4, 0.5) is 0 Å². The van der Waals surface area contributed by atoms with Crippen molar-refractivity contribution in [3.63, 3.8) is 0 Å². The highest BCUT2D eigenvalue weighted by atomic mass is 16.5. The summed E-state index contributed by atoms with van der Waals surface area (Å²) in [5.74, 6) is 0.690. The number of ether oxygens (including phenoxy) is 1. The van der Waals surface area contributed by atoms with Gasteiger partial charge >= 0.3 is 0 Å². The largest absolute Gasteiger partial charge is 0.396 e. The van der Waals surface area contributed by atoms with Crippen molar-refractivity contribution in [3.05, 3.63) is 0 Å². The molecule has 0 aromatic carbocycles. The summed E-state index contributed by atoms with van der Waals surface area (Å²) in [6.45, 7) is 9.50. The van der Waals surface area contributed by atoms with Gasteiger partial charge in [0, 0.05) is 31.2 Å². The molecule has 0 aromatic heterocycles. The Morgan fingerprint density at radius 2 is 1.94 bits per heavy atom. The van der Waals surface area contributed by atoms with Gasteiger partial charge in [0.25, 0.3) is 0 Å². The van der Waals surface area contributed by atoms with Gasteiger partial charge in [-0.15, -0.1) is 0 Å². The van der Waals surface area contributed by atoms with Gasteiger partial charge in [-0.3, -0.25) is 0 Å². The molecule has 3 nitrogen and oxygen atoms in total. The molecule has 2 unspecified atom stereocenters. The Morgan fingerprint density at radius 3 is 2.44 bits per heavy atom. The van der Waals surface area contributed by atoms with Crippen molar-refractivity contribution in [2.45, 2.75) is 46.1 Å². The Labute approximate surface area is 99.6 Å². The summed E-state index contributed by atoms with van der Waals surface area (Å²) in [5.41, 5.74) is 0.0555. The number of hydrogen-bond acceptors (Lipinski definition) is 3. The molecule has 0 aromatic rings. The van der Waals surface area contributed by atoms with Gasteiger partial charge in [-0.25, -0.2) is 0 Å². The van der Waals surface area contributed by atoms with Crippen LogP contribution in [0.3, 0.4) is 0 Å². The van der Waals surface area contributed by atoms with Crippen LogP contribution in [0.5, 0.6) is 0 Å². The van der Waals surface area contributed by atoms with Gasteiger partial charge in [0.15, 0.2) is 0 Å². The zero-order valence-electron chi connectivity index (χ0n) is 11.0. The van der Waals surface area contributed by atoms with Crippen molar-refractivity contribution < 1.29 is 9.84 Å². The minimum Gasteiger partial charge on any atom is -0.396 e. The first-order chi connectivity index (χ1) is 7.63. The topological polar surface area (TPSA) is 41.5 Å². The average molecular weight is 229 g/mol. The number of rotatable bonds is 6. The van der Waals surface area contributed by atoms with Crippen molar-refractivity contribution >= 4 is 0 Å². The number of nitrogens with one attached hydrogen (secondary N) is 1. The molecule has 2 atom stereocenters. The SMILES string of the molecule is CCC(C)C(C)NCC1(CO)CCOCC1. The van der Waals surface area contributed by atoms with Gasteiger partial charge in [-0.1, -0.05) is 20.3 Å². The monoisotopic (exact) mass is 229 g/mol. The number of aliphatic hydroxyl groups is 1. The normalized spacial score (nSPS) is 24.0. The van der Waals surface area contributed by atoms with Crippen molar-refractivity contribution in [1.82, 2.24) is 5.32 Å². The fourth-order valence-electron chi connectivity index (χ4n) is 2.13. The van der Waals surface area contributed by atoms with Crippen LogP contribution in [-0.2, 0) is 4.74 Å². The van der Waals surface area contributed by atoms with Crippen LogP contribution in [0, 0.1) is 11.3 Å². The van der Waals surface area contributed by atoms with Crippen LogP contribution in [0.1, 0.15) is 40.0 Å². The second-order valence-corrected chi connectivity index (χ2v) is 5.33. The molecule has 1 aliphatic heterocycles. The molecule has 1 fully saturated rings. The van der Waals surface area contributed by atoms with Crippen molar-refractivity contribution in [1.29, 1.82) is 0 Å². The molecule has 0 aliphatic carbocycles. The van der Waals surface area contributed by atoms with Crippen molar-refractivity contribution in [3.8, 4) is 0 Å². The van der Waals surface area contributed by atoms with Crippen LogP contribution in [-0.4, -0.2) is 37.5 Å². The van der Waals surface area contributed by atoms with E-state index >= 15 is 0 Å². The van der Waals surface area contributed by atoms with Gasteiger partial charge in [0.05, 0.1) is 6.61 Å². The van der Waals surface area contributed by atoms with E-state index in [0.717, 1.165) is 32.6 Å². The maximum absolute atomic E-state index is 9.55. The zero-order valence-corrected chi connectivity index (χ0v) is 11.0. The quantitative estimate of drug-likeness (QED) is 0.730. The van der Waals surface area contributed by atoms with E-state index < -0.39 is 0 Å². The summed E-state index contributed by atoms with van der Waals surface area (Å²) in [6.07, 6.45) is 3.15. The highest BCUT2D eigenvalue weighted by Gasteiger charge is 2.32. The predicted molar refractivity (Wildman–Crippen MR) is 66.5 cm³/mol. The number of aliphatic hydroxyl groups excluding tert-OH is 1. The summed E-state index contributed by atoms with van der Waals surface area (Å²) < 4.78 is 5.36. The van der Waals surface area contributed by atoms with Crippen LogP contribution >= 0.6 is 0 Å². The molecule has 1 heterocycles. The van der Waals surface area contributed by atoms with Crippen LogP contribution in [0.2, 0.25) is 0 Å². The molecular weight excluding hydrogens is 202 g/mol. The smallest absolute Gasteiger partial charge is 0.0501 e. The van der Waals surface area contributed by atoms with Crippen molar-refractivity contribution in [2.75, 3.05) is 26.4 Å². The Bertz CT molecular complexity index is 190. The highest BCUT2D eigenvalue weighted by Crippen LogP contribution is 2.29. The lowest BCUT2D eigenvalue weighted by Crippen LogP contribution is -2.45. The second-order valence-electron chi connectivity index (χ2n) is 5.33. The van der Waals surface area contributed by atoms with Crippen LogP contribution in [0.25, 0.3) is 0 Å². The maximum atomic E-state index is 9.55. The molecule has 1 rings (SSSR count). The van der Waals surface area contributed by atoms with E-state index in [9.17, 15) is 5.11 Å². The zero-order chi connectivity index (χ0) is 12.0. The lowest BCUT2D eigenvalue weighted by atomic mass is 9.80. The Kier molecular flexibility index (Phi) is 5.73. The fourth-order valence-corrected chi connectivity index (χ4v) is 2.13. The summed E-state index contributed by atoms with van der Waals surface area (Å²) in [7, 11) is 0. The molecule has 3 heteroatoms. The standard InChI is InChI=1S/C13H27NO2/c1-4-11(2)12(3)14-9-13(10-15)5-7-16-8-6-13/h11-12,14-15H,4-10H2,1-3H3. The molecular formula is C13H27NO2. The highest BCUT2D eigenvalue weighted by molar-refractivity contribution is 4.85. The van der Waals surface area contributed by atoms with E-state index in [-0.39, 0.29) is 12.0 Å². The first kappa shape index (κ1) is 13.9. The minimum atomic E-state index is 0.0555. The van der Waals surface area contributed by atoms with E-state index in [2.05, 4.69) is 26.1 Å². The first-order valence-electron chi connectivity index (χ1n) is 6.55. The molecule has 2 N–H and O–H groups in total. The Hall–Kier alpha value is -0.120. The van der Waals surface area contributed by atoms with E-state index in [4.69, 9.17) is 4.74 Å². The molecule has 0 spiro atoms. The van der Waals surface area contributed by atoms with Gasteiger partial charge in [0.1, 0.15) is 0 Å². The van der Waals surface area contributed by atoms with Gasteiger partial charge in [-0.05, 0) is 25.7 Å². The third-order valence-electron chi connectivity index (χ3n) is 4.19. The van der Waals surface area contributed by atoms with Gasteiger partial charge < -0.3 is 15.2 Å². The van der Waals surface area contributed by atoms with Crippen LogP contribution in [0.15, 0.2) is 0 Å². The minimum absolute atomic E-state index is 0.0555. The first-order valence-corrected chi connectivity index (χ1v) is 6.55. The molecule has 16 heavy (non-hydrogen) atoms. The third-order valence-corrected chi connectivity index (χ3v) is 4.19. The molecule has 0 saturated carbocycles. The third kappa shape index (κ3) is 3.72. The summed E-state index contributed by atoms with van der Waals surface area (Å²) in [6, 6.07) is 0.524. The van der Waals surface area contributed by atoms with Crippen LogP contribution < -0.4 is 5.32 Å². The molecule has 1 aliphatic rings. The summed E-state index contributed by atoms with van der Waals surface area (Å²) in [4.78, 5) is 0. The van der Waals surface area contributed by atoms with Crippen molar-refractivity contribution in [2.24, 2.45) is 11.3 Å². The average Bonchev–Trinajstić information content (AvgIpc) is 2.36. The van der Waals surface area contributed by atoms with Gasteiger partial charge in [-0.2, -0.15) is 0 Å². The second kappa shape index (κ2) is 6.58.